The van der Waals surface area contributed by atoms with Gasteiger partial charge in [-0.3, -0.25) is 5.11 Å². The molecule has 0 saturated heterocycles. The Morgan fingerprint density at radius 3 is 2.62 bits per heavy atom. The SMILES string of the molecule is [O]c1ccc([O-])c2c(O)cccc12. The number of phenols is 1. The molecule has 0 bridgehead atoms. The Hall–Kier alpha value is -1.90. The maximum Gasteiger partial charge on any atom is 0.186 e. The van der Waals surface area contributed by atoms with Crippen LogP contribution in [0.1, 0.15) is 0 Å². The summed E-state index contributed by atoms with van der Waals surface area (Å²) in [5.41, 5.74) is 0. The molecule has 0 heterocycles. The summed E-state index contributed by atoms with van der Waals surface area (Å²) in [5.74, 6) is -0.710. The zero-order valence-corrected chi connectivity index (χ0v) is 6.65. The molecule has 1 N–H and O–H groups in total. The van der Waals surface area contributed by atoms with Crippen LogP contribution in [0.25, 0.3) is 10.8 Å². The van der Waals surface area contributed by atoms with E-state index in [9.17, 15) is 15.3 Å². The summed E-state index contributed by atoms with van der Waals surface area (Å²) in [6.45, 7) is 0. The van der Waals surface area contributed by atoms with Crippen LogP contribution in [-0.2, 0) is 5.11 Å². The fraction of sp³-hybridized carbons (Fsp3) is 0. The van der Waals surface area contributed by atoms with Gasteiger partial charge >= 0.3 is 0 Å². The van der Waals surface area contributed by atoms with E-state index in [1.165, 1.54) is 24.3 Å². The molecule has 0 saturated carbocycles. The summed E-state index contributed by atoms with van der Waals surface area (Å²) >= 11 is 0. The molecule has 3 nitrogen and oxygen atoms in total. The van der Waals surface area contributed by atoms with Crippen molar-refractivity contribution in [2.75, 3.05) is 0 Å². The third-order valence-electron chi connectivity index (χ3n) is 1.94. The van der Waals surface area contributed by atoms with Crippen LogP contribution in [-0.4, -0.2) is 5.11 Å². The maximum absolute atomic E-state index is 11.3. The second-order valence-corrected chi connectivity index (χ2v) is 2.76. The second-order valence-electron chi connectivity index (χ2n) is 2.76. The lowest BCUT2D eigenvalue weighted by Gasteiger charge is -2.11. The quantitative estimate of drug-likeness (QED) is 0.661. The molecule has 0 amide bonds. The summed E-state index contributed by atoms with van der Waals surface area (Å²) < 4.78 is 0. The molecule has 0 unspecified atom stereocenters. The van der Waals surface area contributed by atoms with E-state index in [4.69, 9.17) is 0 Å². The molecular weight excluding hydrogens is 168 g/mol. The minimum atomic E-state index is -0.326. The lowest BCUT2D eigenvalue weighted by Crippen LogP contribution is -1.90. The molecule has 1 radical (unpaired) electrons. The number of benzene rings is 2. The van der Waals surface area contributed by atoms with E-state index in [-0.39, 0.29) is 28.0 Å². The van der Waals surface area contributed by atoms with Gasteiger partial charge in [-0.25, -0.2) is 0 Å². The molecule has 2 rings (SSSR count). The Balaban J connectivity index is 3.00. The average molecular weight is 174 g/mol. The second kappa shape index (κ2) is 2.55. The number of hydrogen-bond donors (Lipinski definition) is 1. The van der Waals surface area contributed by atoms with Crippen molar-refractivity contribution in [3.63, 3.8) is 0 Å². The van der Waals surface area contributed by atoms with Gasteiger partial charge in [0.15, 0.2) is 5.75 Å². The molecule has 3 heteroatoms. The lowest BCUT2D eigenvalue weighted by atomic mass is 10.1. The zero-order valence-electron chi connectivity index (χ0n) is 6.65. The van der Waals surface area contributed by atoms with Gasteiger partial charge in [0.1, 0.15) is 5.75 Å². The molecular formula is C10H6O3-. The van der Waals surface area contributed by atoms with Crippen LogP contribution >= 0.6 is 0 Å². The molecule has 0 atom stereocenters. The Labute approximate surface area is 74.5 Å². The molecule has 13 heavy (non-hydrogen) atoms. The average Bonchev–Trinajstić information content (AvgIpc) is 2.12. The van der Waals surface area contributed by atoms with E-state index >= 15 is 0 Å². The largest absolute Gasteiger partial charge is 0.872 e. The van der Waals surface area contributed by atoms with Crippen LogP contribution in [0.4, 0.5) is 0 Å². The molecule has 0 fully saturated rings. The van der Waals surface area contributed by atoms with E-state index in [0.29, 0.717) is 0 Å². The predicted octanol–water partition coefficient (Wildman–Crippen LogP) is 1.76. The third-order valence-corrected chi connectivity index (χ3v) is 1.94. The van der Waals surface area contributed by atoms with Crippen LogP contribution < -0.4 is 5.11 Å². The van der Waals surface area contributed by atoms with Crippen LogP contribution in [0.3, 0.4) is 0 Å². The highest BCUT2D eigenvalue weighted by Crippen LogP contribution is 2.35. The van der Waals surface area contributed by atoms with Crippen molar-refractivity contribution in [1.82, 2.24) is 0 Å². The Morgan fingerprint density at radius 1 is 1.15 bits per heavy atom. The fourth-order valence-electron chi connectivity index (χ4n) is 1.33. The monoisotopic (exact) mass is 174 g/mol. The molecule has 0 aliphatic carbocycles. The van der Waals surface area contributed by atoms with Crippen LogP contribution in [0.5, 0.6) is 17.2 Å². The summed E-state index contributed by atoms with van der Waals surface area (Å²) in [6, 6.07) is 6.84. The third kappa shape index (κ3) is 1.05. The normalized spacial score (nSPS) is 10.5. The topological polar surface area (TPSA) is 63.2 Å². The minimum Gasteiger partial charge on any atom is -0.872 e. The zero-order chi connectivity index (χ0) is 9.42. The Kier molecular flexibility index (Phi) is 1.52. The van der Waals surface area contributed by atoms with Gasteiger partial charge in [-0.15, -0.1) is 0 Å². The molecule has 0 spiro atoms. The van der Waals surface area contributed by atoms with E-state index in [1.807, 2.05) is 0 Å². The summed E-state index contributed by atoms with van der Waals surface area (Å²) in [5, 5.41) is 32.2. The number of fused-ring (bicyclic) bond motifs is 1. The van der Waals surface area contributed by atoms with Crippen molar-refractivity contribution in [2.24, 2.45) is 0 Å². The van der Waals surface area contributed by atoms with E-state index in [1.54, 1.807) is 6.07 Å². The van der Waals surface area contributed by atoms with Crippen molar-refractivity contribution in [3.05, 3.63) is 30.3 Å². The first kappa shape index (κ1) is 7.73. The highest BCUT2D eigenvalue weighted by molar-refractivity contribution is 5.96. The van der Waals surface area contributed by atoms with Gasteiger partial charge in [0.2, 0.25) is 0 Å². The van der Waals surface area contributed by atoms with Crippen LogP contribution in [0.15, 0.2) is 30.3 Å². The first-order valence-corrected chi connectivity index (χ1v) is 3.79. The molecule has 0 aromatic heterocycles. The Morgan fingerprint density at radius 2 is 1.92 bits per heavy atom. The van der Waals surface area contributed by atoms with Gasteiger partial charge in [-0.05, 0) is 12.1 Å². The van der Waals surface area contributed by atoms with Gasteiger partial charge in [-0.2, -0.15) is 0 Å². The highest BCUT2D eigenvalue weighted by Gasteiger charge is 2.04. The minimum absolute atomic E-state index is 0.106. The predicted molar refractivity (Wildman–Crippen MR) is 45.2 cm³/mol. The van der Waals surface area contributed by atoms with Gasteiger partial charge in [0.05, 0.1) is 0 Å². The van der Waals surface area contributed by atoms with Gasteiger partial charge in [-0.1, -0.05) is 23.9 Å². The van der Waals surface area contributed by atoms with Gasteiger partial charge in [0.25, 0.3) is 0 Å². The maximum atomic E-state index is 11.3. The summed E-state index contributed by atoms with van der Waals surface area (Å²) in [7, 11) is 0. The summed E-state index contributed by atoms with van der Waals surface area (Å²) in [6.07, 6.45) is 0. The number of hydrogen-bond acceptors (Lipinski definition) is 2. The lowest BCUT2D eigenvalue weighted by molar-refractivity contribution is -0.265. The molecule has 0 aliphatic heterocycles. The van der Waals surface area contributed by atoms with Crippen molar-refractivity contribution >= 4 is 10.8 Å². The molecule has 0 aliphatic rings. The van der Waals surface area contributed by atoms with E-state index in [2.05, 4.69) is 0 Å². The van der Waals surface area contributed by atoms with E-state index < -0.39 is 0 Å². The van der Waals surface area contributed by atoms with Crippen molar-refractivity contribution < 1.29 is 15.3 Å². The van der Waals surface area contributed by atoms with Crippen LogP contribution in [0.2, 0.25) is 0 Å². The standard InChI is InChI=1S/C10H7O3/c11-7-4-5-9(13)10-6(7)2-1-3-8(10)12/h1-5,12-13H/p-1. The van der Waals surface area contributed by atoms with Gasteiger partial charge < -0.3 is 10.2 Å². The van der Waals surface area contributed by atoms with Gasteiger partial charge in [0, 0.05) is 10.8 Å². The fourth-order valence-corrected chi connectivity index (χ4v) is 1.33. The van der Waals surface area contributed by atoms with Crippen molar-refractivity contribution in [1.29, 1.82) is 0 Å². The number of phenolic OH excluding ortho intramolecular Hbond substituents is 1. The molecule has 2 aromatic rings. The summed E-state index contributed by atoms with van der Waals surface area (Å²) in [4.78, 5) is 0. The first-order valence-electron chi connectivity index (χ1n) is 3.79. The first-order chi connectivity index (χ1) is 6.20. The van der Waals surface area contributed by atoms with Crippen LogP contribution in [0, 0.1) is 0 Å². The molecule has 65 valence electrons. The number of aromatic hydroxyl groups is 1. The molecule has 2 aromatic carbocycles. The van der Waals surface area contributed by atoms with Crippen molar-refractivity contribution in [3.8, 4) is 17.2 Å². The highest BCUT2D eigenvalue weighted by atomic mass is 16.3. The van der Waals surface area contributed by atoms with Crippen molar-refractivity contribution in [2.45, 2.75) is 0 Å². The van der Waals surface area contributed by atoms with E-state index in [0.717, 1.165) is 0 Å². The smallest absolute Gasteiger partial charge is 0.186 e. The Bertz CT molecular complexity index is 455. The number of rotatable bonds is 0.